The molecule has 0 unspecified atom stereocenters. The molecule has 0 aliphatic heterocycles. The summed E-state index contributed by atoms with van der Waals surface area (Å²) in [5, 5.41) is 6.26. The molecule has 0 fully saturated rings. The number of nitrogens with one attached hydrogen (secondary N) is 2. The van der Waals surface area contributed by atoms with E-state index in [2.05, 4.69) is 20.9 Å². The van der Waals surface area contributed by atoms with E-state index >= 15 is 0 Å². The van der Waals surface area contributed by atoms with Crippen molar-refractivity contribution in [2.45, 2.75) is 13.3 Å². The molecule has 0 spiro atoms. The van der Waals surface area contributed by atoms with Crippen LogP contribution in [0.5, 0.6) is 0 Å². The summed E-state index contributed by atoms with van der Waals surface area (Å²) in [4.78, 5) is 15.9. The Bertz CT molecular complexity index is 553. The molecule has 1 amide bonds. The molecule has 0 saturated carbocycles. The Hall–Kier alpha value is -2.41. The second-order valence-corrected chi connectivity index (χ2v) is 4.03. The molecule has 7 nitrogen and oxygen atoms in total. The van der Waals surface area contributed by atoms with Crippen molar-refractivity contribution in [3.8, 4) is 0 Å². The van der Waals surface area contributed by atoms with Crippen molar-refractivity contribution in [2.24, 2.45) is 5.84 Å². The highest BCUT2D eigenvalue weighted by Crippen LogP contribution is 2.16. The molecule has 2 rings (SSSR count). The van der Waals surface area contributed by atoms with Crippen LogP contribution < -0.4 is 16.6 Å². The Balaban J connectivity index is 1.96. The maximum atomic E-state index is 12.0. The van der Waals surface area contributed by atoms with Gasteiger partial charge in [0.25, 0.3) is 5.91 Å². The van der Waals surface area contributed by atoms with Crippen LogP contribution in [0.1, 0.15) is 21.8 Å². The number of hydrazine groups is 1. The minimum atomic E-state index is -0.201. The first-order valence-corrected chi connectivity index (χ1v) is 5.81. The Labute approximate surface area is 110 Å². The number of aryl methyl sites for hydroxylation is 1. The molecule has 0 saturated heterocycles. The Morgan fingerprint density at radius 3 is 3.00 bits per heavy atom. The van der Waals surface area contributed by atoms with Crippen LogP contribution in [0.4, 0.5) is 5.69 Å². The van der Waals surface area contributed by atoms with Gasteiger partial charge in [0.1, 0.15) is 0 Å². The van der Waals surface area contributed by atoms with Crippen LogP contribution in [0, 0.1) is 6.92 Å². The molecule has 1 heterocycles. The predicted molar refractivity (Wildman–Crippen MR) is 69.3 cm³/mol. The van der Waals surface area contributed by atoms with Crippen molar-refractivity contribution in [3.05, 3.63) is 41.5 Å². The summed E-state index contributed by atoms with van der Waals surface area (Å²) in [6.45, 7) is 2.34. The molecule has 0 aliphatic carbocycles. The highest BCUT2D eigenvalue weighted by molar-refractivity contribution is 5.99. The zero-order valence-electron chi connectivity index (χ0n) is 10.5. The Morgan fingerprint density at radius 1 is 1.47 bits per heavy atom. The number of anilines is 1. The monoisotopic (exact) mass is 261 g/mol. The molecule has 2 aromatic rings. The molecule has 0 aliphatic rings. The van der Waals surface area contributed by atoms with Crippen molar-refractivity contribution in [1.29, 1.82) is 0 Å². The van der Waals surface area contributed by atoms with E-state index in [1.54, 1.807) is 6.07 Å². The Morgan fingerprint density at radius 2 is 2.32 bits per heavy atom. The lowest BCUT2D eigenvalue weighted by Crippen LogP contribution is -2.27. The molecular formula is C12H15N5O2. The summed E-state index contributed by atoms with van der Waals surface area (Å²) in [7, 11) is 0. The maximum Gasteiger partial charge on any atom is 0.253 e. The van der Waals surface area contributed by atoms with Gasteiger partial charge < -0.3 is 15.3 Å². The van der Waals surface area contributed by atoms with E-state index in [0.717, 1.165) is 5.56 Å². The van der Waals surface area contributed by atoms with Gasteiger partial charge in [0, 0.05) is 13.0 Å². The molecular weight excluding hydrogens is 246 g/mol. The number of hydrogen-bond donors (Lipinski definition) is 3. The van der Waals surface area contributed by atoms with E-state index in [-0.39, 0.29) is 5.91 Å². The topological polar surface area (TPSA) is 106 Å². The molecule has 1 aromatic heterocycles. The minimum Gasteiger partial charge on any atom is -0.351 e. The number of carbonyl (C=O) groups excluding carboxylic acids is 1. The average Bonchev–Trinajstić information content (AvgIpc) is 2.91. The fourth-order valence-electron chi connectivity index (χ4n) is 1.66. The summed E-state index contributed by atoms with van der Waals surface area (Å²) in [6.07, 6.45) is 1.82. The normalized spacial score (nSPS) is 10.2. The van der Waals surface area contributed by atoms with E-state index < -0.39 is 0 Å². The Kier molecular flexibility index (Phi) is 4.09. The lowest BCUT2D eigenvalue weighted by atomic mass is 10.1. The van der Waals surface area contributed by atoms with E-state index in [9.17, 15) is 4.79 Å². The van der Waals surface area contributed by atoms with Crippen molar-refractivity contribution in [3.63, 3.8) is 0 Å². The smallest absolute Gasteiger partial charge is 0.253 e. The summed E-state index contributed by atoms with van der Waals surface area (Å²) in [5.74, 6) is 5.69. The molecule has 0 radical (unpaired) electrons. The molecule has 1 aromatic carbocycles. The van der Waals surface area contributed by atoms with Gasteiger partial charge in [-0.15, -0.1) is 0 Å². The summed E-state index contributed by atoms with van der Waals surface area (Å²) >= 11 is 0. The lowest BCUT2D eigenvalue weighted by Gasteiger charge is -2.09. The van der Waals surface area contributed by atoms with Crippen LogP contribution in [0.2, 0.25) is 0 Å². The highest BCUT2D eigenvalue weighted by Gasteiger charge is 2.10. The van der Waals surface area contributed by atoms with Gasteiger partial charge in [-0.3, -0.25) is 10.6 Å². The zero-order chi connectivity index (χ0) is 13.7. The molecule has 100 valence electrons. The van der Waals surface area contributed by atoms with Gasteiger partial charge in [-0.25, -0.2) is 0 Å². The number of carbonyl (C=O) groups is 1. The first-order chi connectivity index (χ1) is 9.20. The maximum absolute atomic E-state index is 12.0. The third-order valence-corrected chi connectivity index (χ3v) is 2.61. The summed E-state index contributed by atoms with van der Waals surface area (Å²) < 4.78 is 4.84. The molecule has 4 N–H and O–H groups in total. The molecule has 19 heavy (non-hydrogen) atoms. The number of rotatable bonds is 5. The summed E-state index contributed by atoms with van der Waals surface area (Å²) in [6, 6.07) is 5.40. The van der Waals surface area contributed by atoms with Crippen molar-refractivity contribution < 1.29 is 9.32 Å². The van der Waals surface area contributed by atoms with Crippen LogP contribution in [-0.4, -0.2) is 22.6 Å². The number of nitrogens with two attached hydrogens (primary N) is 1. The average molecular weight is 261 g/mol. The van der Waals surface area contributed by atoms with E-state index in [0.29, 0.717) is 30.1 Å². The third kappa shape index (κ3) is 3.29. The molecule has 0 atom stereocenters. The van der Waals surface area contributed by atoms with E-state index in [4.69, 9.17) is 10.4 Å². The fourth-order valence-corrected chi connectivity index (χ4v) is 1.66. The van der Waals surface area contributed by atoms with E-state index in [1.165, 1.54) is 6.33 Å². The highest BCUT2D eigenvalue weighted by atomic mass is 16.5. The fraction of sp³-hybridized carbons (Fsp3) is 0.250. The van der Waals surface area contributed by atoms with Crippen molar-refractivity contribution >= 4 is 11.6 Å². The van der Waals surface area contributed by atoms with Crippen LogP contribution in [0.3, 0.4) is 0 Å². The van der Waals surface area contributed by atoms with Crippen LogP contribution in [0.15, 0.2) is 29.0 Å². The lowest BCUT2D eigenvalue weighted by molar-refractivity contribution is 0.0954. The minimum absolute atomic E-state index is 0.201. The van der Waals surface area contributed by atoms with Gasteiger partial charge in [0.2, 0.25) is 5.89 Å². The van der Waals surface area contributed by atoms with Crippen LogP contribution >= 0.6 is 0 Å². The first-order valence-electron chi connectivity index (χ1n) is 5.81. The number of hydrogen-bond acceptors (Lipinski definition) is 6. The first kappa shape index (κ1) is 13.0. The summed E-state index contributed by atoms with van der Waals surface area (Å²) in [5.41, 5.74) is 4.63. The van der Waals surface area contributed by atoms with E-state index in [1.807, 2.05) is 19.1 Å². The predicted octanol–water partition coefficient (Wildman–Crippen LogP) is 0.636. The van der Waals surface area contributed by atoms with Gasteiger partial charge in [-0.2, -0.15) is 4.98 Å². The van der Waals surface area contributed by atoms with Gasteiger partial charge in [0.15, 0.2) is 6.33 Å². The number of aromatic nitrogens is 2. The quantitative estimate of drug-likeness (QED) is 0.538. The third-order valence-electron chi connectivity index (χ3n) is 2.61. The second-order valence-electron chi connectivity index (χ2n) is 4.03. The van der Waals surface area contributed by atoms with Gasteiger partial charge in [-0.1, -0.05) is 11.2 Å². The largest absolute Gasteiger partial charge is 0.351 e. The van der Waals surface area contributed by atoms with Gasteiger partial charge in [-0.05, 0) is 24.6 Å². The SMILES string of the molecule is Cc1ccc(C(=O)NCCc2ncno2)c(NN)c1. The standard InChI is InChI=1S/C12H15N5O2/c1-8-2-3-9(10(6-8)17-13)12(18)14-5-4-11-15-7-16-19-11/h2-3,6-7,17H,4-5,13H2,1H3,(H,14,18). The van der Waals surface area contributed by atoms with Crippen molar-refractivity contribution in [2.75, 3.05) is 12.0 Å². The molecule has 0 bridgehead atoms. The second kappa shape index (κ2) is 5.96. The number of nitrogen functional groups attached to an aromatic ring is 1. The van der Waals surface area contributed by atoms with Crippen molar-refractivity contribution in [1.82, 2.24) is 15.5 Å². The number of benzene rings is 1. The number of amides is 1. The van der Waals surface area contributed by atoms with Crippen LogP contribution in [0.25, 0.3) is 0 Å². The van der Waals surface area contributed by atoms with Gasteiger partial charge in [0.05, 0.1) is 11.3 Å². The zero-order valence-corrected chi connectivity index (χ0v) is 10.5. The van der Waals surface area contributed by atoms with Gasteiger partial charge >= 0.3 is 0 Å². The molecule has 7 heteroatoms. The van der Waals surface area contributed by atoms with Crippen LogP contribution in [-0.2, 0) is 6.42 Å². The number of nitrogens with zero attached hydrogens (tertiary/aromatic N) is 2.